The maximum absolute atomic E-state index is 11.5. The van der Waals surface area contributed by atoms with E-state index in [4.69, 9.17) is 4.74 Å². The highest BCUT2D eigenvalue weighted by molar-refractivity contribution is 7.78. The molecule has 0 amide bonds. The van der Waals surface area contributed by atoms with Gasteiger partial charge in [-0.15, -0.1) is 3.97 Å². The minimum absolute atomic E-state index is 0.225. The minimum Gasteiger partial charge on any atom is -0.422 e. The van der Waals surface area contributed by atoms with Gasteiger partial charge in [-0.25, -0.2) is 9.00 Å². The van der Waals surface area contributed by atoms with Crippen LogP contribution in [0.5, 0.6) is 11.8 Å². The van der Waals surface area contributed by atoms with Crippen molar-refractivity contribution in [2.24, 2.45) is 0 Å². The van der Waals surface area contributed by atoms with Crippen LogP contribution >= 0.6 is 0 Å². The fourth-order valence-corrected chi connectivity index (χ4v) is 2.00. The molecule has 1 aromatic heterocycles. The van der Waals surface area contributed by atoms with Gasteiger partial charge in [0.25, 0.3) is 11.3 Å². The van der Waals surface area contributed by atoms with Crippen LogP contribution in [0.2, 0.25) is 0 Å². The third kappa shape index (κ3) is 2.74. The van der Waals surface area contributed by atoms with Gasteiger partial charge in [-0.05, 0) is 30.6 Å². The lowest BCUT2D eigenvalue weighted by Gasteiger charge is -2.07. The van der Waals surface area contributed by atoms with Gasteiger partial charge in [0.15, 0.2) is 0 Å². The van der Waals surface area contributed by atoms with E-state index in [9.17, 15) is 9.00 Å². The molecule has 1 aromatic carbocycles. The molecule has 0 radical (unpaired) electrons. The first kappa shape index (κ1) is 13.5. The summed E-state index contributed by atoms with van der Waals surface area (Å²) in [5, 5.41) is 3.42. The van der Waals surface area contributed by atoms with Crippen LogP contribution in [-0.2, 0) is 15.4 Å². The van der Waals surface area contributed by atoms with Crippen molar-refractivity contribution in [2.45, 2.75) is 13.8 Å². The van der Waals surface area contributed by atoms with Crippen LogP contribution in [0, 0.1) is 13.8 Å². The summed E-state index contributed by atoms with van der Waals surface area (Å²) >= 11 is -2.04. The second-order valence-corrected chi connectivity index (χ2v) is 4.91. The van der Waals surface area contributed by atoms with Crippen LogP contribution in [0.4, 0.5) is 0 Å². The zero-order valence-corrected chi connectivity index (χ0v) is 11.4. The summed E-state index contributed by atoms with van der Waals surface area (Å²) in [5.41, 5.74) is 1.92. The SMILES string of the molecule is COS(=O)n1c(Oc2ccc(C)cc2C)noc1=O. The molecule has 1 unspecified atom stereocenters. The first-order valence-corrected chi connectivity index (χ1v) is 6.36. The molecule has 0 aliphatic heterocycles. The van der Waals surface area contributed by atoms with Crippen molar-refractivity contribution < 1.29 is 17.7 Å². The van der Waals surface area contributed by atoms with Gasteiger partial charge in [0, 0.05) is 0 Å². The Bertz CT molecular complexity index is 676. The summed E-state index contributed by atoms with van der Waals surface area (Å²) in [6, 6.07) is 5.25. The fraction of sp³-hybridized carbons (Fsp3) is 0.273. The highest BCUT2D eigenvalue weighted by atomic mass is 32.2. The Morgan fingerprint density at radius 2 is 2.11 bits per heavy atom. The van der Waals surface area contributed by atoms with Crippen LogP contribution < -0.4 is 10.5 Å². The normalized spacial score (nSPS) is 12.4. The van der Waals surface area contributed by atoms with Gasteiger partial charge < -0.3 is 4.74 Å². The van der Waals surface area contributed by atoms with Gasteiger partial charge in [0.05, 0.1) is 7.11 Å². The van der Waals surface area contributed by atoms with E-state index in [1.54, 1.807) is 6.07 Å². The van der Waals surface area contributed by atoms with Gasteiger partial charge in [-0.2, -0.15) is 0 Å². The first-order chi connectivity index (χ1) is 9.02. The smallest absolute Gasteiger partial charge is 0.422 e. The highest BCUT2D eigenvalue weighted by Gasteiger charge is 2.19. The quantitative estimate of drug-likeness (QED) is 0.842. The number of hydrogen-bond acceptors (Lipinski definition) is 6. The van der Waals surface area contributed by atoms with Crippen molar-refractivity contribution in [1.82, 2.24) is 9.13 Å². The lowest BCUT2D eigenvalue weighted by molar-refractivity contribution is 0.350. The number of nitrogens with zero attached hydrogens (tertiary/aromatic N) is 2. The van der Waals surface area contributed by atoms with Crippen molar-refractivity contribution in [3.63, 3.8) is 0 Å². The molecule has 1 heterocycles. The third-order valence-electron chi connectivity index (χ3n) is 2.36. The number of hydrogen-bond donors (Lipinski definition) is 0. The molecule has 7 nitrogen and oxygen atoms in total. The van der Waals surface area contributed by atoms with E-state index in [-0.39, 0.29) is 6.01 Å². The molecule has 2 aromatic rings. The molecule has 0 spiro atoms. The summed E-state index contributed by atoms with van der Waals surface area (Å²) in [6.07, 6.45) is 0. The van der Waals surface area contributed by atoms with Gasteiger partial charge in [0.1, 0.15) is 5.75 Å². The van der Waals surface area contributed by atoms with Gasteiger partial charge in [-0.3, -0.25) is 8.71 Å². The molecular weight excluding hydrogens is 272 g/mol. The number of rotatable bonds is 4. The Kier molecular flexibility index (Phi) is 3.82. The van der Waals surface area contributed by atoms with E-state index < -0.39 is 17.0 Å². The predicted octanol–water partition coefficient (Wildman–Crippen LogP) is 1.32. The average Bonchev–Trinajstić information content (AvgIpc) is 2.73. The Labute approximate surface area is 111 Å². The predicted molar refractivity (Wildman–Crippen MR) is 67.3 cm³/mol. The third-order valence-corrected chi connectivity index (χ3v) is 3.25. The van der Waals surface area contributed by atoms with E-state index in [0.29, 0.717) is 9.72 Å². The van der Waals surface area contributed by atoms with Crippen LogP contribution in [0.1, 0.15) is 11.1 Å². The van der Waals surface area contributed by atoms with Gasteiger partial charge in [0.2, 0.25) is 0 Å². The summed E-state index contributed by atoms with van der Waals surface area (Å²) in [6.45, 7) is 3.79. The van der Waals surface area contributed by atoms with E-state index in [2.05, 4.69) is 13.9 Å². The molecule has 0 N–H and O–H groups in total. The Hall–Kier alpha value is -1.93. The van der Waals surface area contributed by atoms with Crippen molar-refractivity contribution >= 4 is 11.3 Å². The fourth-order valence-electron chi connectivity index (χ4n) is 1.50. The lowest BCUT2D eigenvalue weighted by Crippen LogP contribution is -2.19. The second kappa shape index (κ2) is 5.37. The van der Waals surface area contributed by atoms with Crippen molar-refractivity contribution in [2.75, 3.05) is 7.11 Å². The number of ether oxygens (including phenoxy) is 1. The maximum atomic E-state index is 11.5. The van der Waals surface area contributed by atoms with E-state index >= 15 is 0 Å². The second-order valence-electron chi connectivity index (χ2n) is 3.78. The van der Waals surface area contributed by atoms with E-state index in [1.807, 2.05) is 26.0 Å². The number of aromatic nitrogens is 2. The standard InChI is InChI=1S/C11H12N2O5S/c1-7-4-5-9(8(2)6-7)17-10-12-18-11(14)13(10)19(15)16-3/h4-6H,1-3H3. The van der Waals surface area contributed by atoms with Crippen LogP contribution in [0.25, 0.3) is 0 Å². The minimum atomic E-state index is -2.04. The van der Waals surface area contributed by atoms with Crippen LogP contribution in [0.15, 0.2) is 27.5 Å². The summed E-state index contributed by atoms with van der Waals surface area (Å²) in [7, 11) is 1.19. The largest absolute Gasteiger partial charge is 0.458 e. The zero-order valence-electron chi connectivity index (χ0n) is 10.6. The monoisotopic (exact) mass is 284 g/mol. The molecule has 0 bridgehead atoms. The molecule has 0 fully saturated rings. The average molecular weight is 284 g/mol. The highest BCUT2D eigenvalue weighted by Crippen LogP contribution is 2.24. The topological polar surface area (TPSA) is 83.6 Å². The Morgan fingerprint density at radius 3 is 2.74 bits per heavy atom. The maximum Gasteiger partial charge on any atom is 0.458 e. The lowest BCUT2D eigenvalue weighted by atomic mass is 10.1. The van der Waals surface area contributed by atoms with Gasteiger partial charge in [-0.1, -0.05) is 17.7 Å². The Balaban J connectivity index is 2.39. The van der Waals surface area contributed by atoms with Gasteiger partial charge >= 0.3 is 11.8 Å². The molecule has 102 valence electrons. The Morgan fingerprint density at radius 1 is 1.37 bits per heavy atom. The van der Waals surface area contributed by atoms with E-state index in [1.165, 1.54) is 7.11 Å². The summed E-state index contributed by atoms with van der Waals surface area (Å²) < 4.78 is 26.6. The molecule has 0 aliphatic rings. The molecule has 1 atom stereocenters. The summed E-state index contributed by atoms with van der Waals surface area (Å²) in [4.78, 5) is 11.4. The van der Waals surface area contributed by atoms with Crippen molar-refractivity contribution in [3.8, 4) is 11.8 Å². The molecular formula is C11H12N2O5S. The number of aryl methyl sites for hydroxylation is 2. The van der Waals surface area contributed by atoms with E-state index in [0.717, 1.165) is 11.1 Å². The molecule has 0 saturated carbocycles. The molecule has 8 heteroatoms. The summed E-state index contributed by atoms with van der Waals surface area (Å²) in [5.74, 6) is -0.430. The molecule has 0 aliphatic carbocycles. The van der Waals surface area contributed by atoms with Crippen molar-refractivity contribution in [3.05, 3.63) is 39.9 Å². The van der Waals surface area contributed by atoms with Crippen LogP contribution in [0.3, 0.4) is 0 Å². The van der Waals surface area contributed by atoms with Crippen molar-refractivity contribution in [1.29, 1.82) is 0 Å². The number of benzene rings is 1. The first-order valence-electron chi connectivity index (χ1n) is 5.33. The van der Waals surface area contributed by atoms with Crippen LogP contribution in [-0.4, -0.2) is 20.4 Å². The molecule has 19 heavy (non-hydrogen) atoms. The molecule has 0 saturated heterocycles. The zero-order chi connectivity index (χ0) is 14.0. The molecule has 2 rings (SSSR count).